The lowest BCUT2D eigenvalue weighted by atomic mass is 10.2. The van der Waals surface area contributed by atoms with Crippen molar-refractivity contribution < 1.29 is 36.8 Å². The van der Waals surface area contributed by atoms with Crippen LogP contribution in [-0.2, 0) is 24.3 Å². The predicted octanol–water partition coefficient (Wildman–Crippen LogP) is 2.47. The largest absolute Gasteiger partial charge is 0.495 e. The van der Waals surface area contributed by atoms with E-state index < -0.39 is 49.7 Å². The van der Waals surface area contributed by atoms with Gasteiger partial charge in [0.1, 0.15) is 22.5 Å². The summed E-state index contributed by atoms with van der Waals surface area (Å²) in [7, 11) is -3.00. The van der Waals surface area contributed by atoms with E-state index in [1.165, 1.54) is 38.3 Å². The molecule has 1 aliphatic heterocycles. The third kappa shape index (κ3) is 5.15. The highest BCUT2D eigenvalue weighted by molar-refractivity contribution is 7.89. The van der Waals surface area contributed by atoms with Gasteiger partial charge in [-0.3, -0.25) is 19.7 Å². The number of rotatable bonds is 8. The van der Waals surface area contributed by atoms with E-state index in [0.717, 1.165) is 22.5 Å². The summed E-state index contributed by atoms with van der Waals surface area (Å²) in [6.45, 7) is 1.25. The van der Waals surface area contributed by atoms with Gasteiger partial charge in [0, 0.05) is 18.7 Å². The standard InChI is InChI=1S/C21H22FN3O8S/c1-13(20(26)23-16-12-14(25(28)29)9-10-18(16)32-2)33-21(27)17-7-5-11-24(17)34(30,31)19-8-4-3-6-15(19)22/h3-4,6,8-10,12-13,17H,5,7,11H2,1-2H3,(H,23,26). The average molecular weight is 495 g/mol. The van der Waals surface area contributed by atoms with Crippen LogP contribution < -0.4 is 10.1 Å². The Morgan fingerprint density at radius 1 is 1.26 bits per heavy atom. The number of halogens is 1. The lowest BCUT2D eigenvalue weighted by molar-refractivity contribution is -0.384. The summed E-state index contributed by atoms with van der Waals surface area (Å²) in [5, 5.41) is 13.4. The number of amides is 1. The SMILES string of the molecule is COc1ccc([N+](=O)[O-])cc1NC(=O)C(C)OC(=O)C1CCCN1S(=O)(=O)c1ccccc1F. The van der Waals surface area contributed by atoms with E-state index in [0.29, 0.717) is 6.42 Å². The number of nitrogens with one attached hydrogen (secondary N) is 1. The summed E-state index contributed by atoms with van der Waals surface area (Å²) < 4.78 is 51.1. The molecular formula is C21H22FN3O8S. The van der Waals surface area contributed by atoms with Crippen LogP contribution in [0.4, 0.5) is 15.8 Å². The summed E-state index contributed by atoms with van der Waals surface area (Å²) >= 11 is 0. The van der Waals surface area contributed by atoms with Crippen LogP contribution in [0.1, 0.15) is 19.8 Å². The maximum absolute atomic E-state index is 14.1. The van der Waals surface area contributed by atoms with Crippen molar-refractivity contribution in [3.63, 3.8) is 0 Å². The number of methoxy groups -OCH3 is 1. The molecule has 2 atom stereocenters. The molecule has 1 heterocycles. The van der Waals surface area contributed by atoms with Gasteiger partial charge in [-0.05, 0) is 38.0 Å². The van der Waals surface area contributed by atoms with Crippen LogP contribution in [0, 0.1) is 15.9 Å². The molecule has 34 heavy (non-hydrogen) atoms. The van der Waals surface area contributed by atoms with Crippen molar-refractivity contribution in [3.05, 3.63) is 58.4 Å². The fraction of sp³-hybridized carbons (Fsp3) is 0.333. The summed E-state index contributed by atoms with van der Waals surface area (Å²) in [5.41, 5.74) is -0.296. The lowest BCUT2D eigenvalue weighted by Crippen LogP contribution is -2.43. The third-order valence-corrected chi connectivity index (χ3v) is 7.15. The smallest absolute Gasteiger partial charge is 0.325 e. The predicted molar refractivity (Wildman–Crippen MR) is 117 cm³/mol. The van der Waals surface area contributed by atoms with Crippen molar-refractivity contribution >= 4 is 33.3 Å². The van der Waals surface area contributed by atoms with E-state index in [4.69, 9.17) is 9.47 Å². The number of hydrogen-bond donors (Lipinski definition) is 1. The van der Waals surface area contributed by atoms with Crippen molar-refractivity contribution in [2.75, 3.05) is 19.0 Å². The van der Waals surface area contributed by atoms with E-state index in [1.807, 2.05) is 0 Å². The number of carbonyl (C=O) groups excluding carboxylic acids is 2. The number of ether oxygens (including phenoxy) is 2. The van der Waals surface area contributed by atoms with Gasteiger partial charge in [0.25, 0.3) is 11.6 Å². The zero-order valence-corrected chi connectivity index (χ0v) is 19.1. The van der Waals surface area contributed by atoms with Gasteiger partial charge in [-0.25, -0.2) is 12.8 Å². The van der Waals surface area contributed by atoms with Crippen LogP contribution >= 0.6 is 0 Å². The molecule has 0 bridgehead atoms. The molecule has 0 radical (unpaired) electrons. The quantitative estimate of drug-likeness (QED) is 0.334. The zero-order chi connectivity index (χ0) is 25.0. The first-order valence-corrected chi connectivity index (χ1v) is 11.6. The number of nitrogens with zero attached hydrogens (tertiary/aromatic N) is 2. The highest BCUT2D eigenvalue weighted by Crippen LogP contribution is 2.30. The Morgan fingerprint density at radius 2 is 1.97 bits per heavy atom. The number of sulfonamides is 1. The van der Waals surface area contributed by atoms with Gasteiger partial charge < -0.3 is 14.8 Å². The van der Waals surface area contributed by atoms with E-state index in [1.54, 1.807) is 0 Å². The first kappa shape index (κ1) is 25.1. The van der Waals surface area contributed by atoms with Gasteiger partial charge in [0.15, 0.2) is 6.10 Å². The van der Waals surface area contributed by atoms with E-state index in [2.05, 4.69) is 5.32 Å². The molecule has 0 saturated carbocycles. The van der Waals surface area contributed by atoms with Crippen LogP contribution in [0.15, 0.2) is 47.4 Å². The molecule has 0 aliphatic carbocycles. The van der Waals surface area contributed by atoms with Crippen molar-refractivity contribution in [1.82, 2.24) is 4.31 Å². The topological polar surface area (TPSA) is 145 Å². The molecule has 1 saturated heterocycles. The number of benzene rings is 2. The molecule has 1 amide bonds. The van der Waals surface area contributed by atoms with Crippen LogP contribution in [0.3, 0.4) is 0 Å². The second-order valence-corrected chi connectivity index (χ2v) is 9.27. The molecule has 182 valence electrons. The Hall–Kier alpha value is -3.58. The van der Waals surface area contributed by atoms with E-state index >= 15 is 0 Å². The van der Waals surface area contributed by atoms with Crippen molar-refractivity contribution in [2.45, 2.75) is 36.8 Å². The third-order valence-electron chi connectivity index (χ3n) is 5.21. The van der Waals surface area contributed by atoms with Crippen LogP contribution in [0.2, 0.25) is 0 Å². The average Bonchev–Trinajstić information content (AvgIpc) is 3.30. The minimum atomic E-state index is -4.31. The van der Waals surface area contributed by atoms with Crippen LogP contribution in [0.5, 0.6) is 5.75 Å². The second kappa shape index (κ2) is 10.1. The molecule has 2 aromatic carbocycles. The number of anilines is 1. The minimum Gasteiger partial charge on any atom is -0.495 e. The van der Waals surface area contributed by atoms with Gasteiger partial charge in [0.05, 0.1) is 17.7 Å². The first-order valence-electron chi connectivity index (χ1n) is 10.2. The Kier molecular flexibility index (Phi) is 7.47. The molecule has 13 heteroatoms. The molecule has 0 spiro atoms. The van der Waals surface area contributed by atoms with Gasteiger partial charge in [0.2, 0.25) is 10.0 Å². The number of carbonyl (C=O) groups is 2. The Labute approximate surface area is 194 Å². The van der Waals surface area contributed by atoms with Gasteiger partial charge >= 0.3 is 5.97 Å². The Balaban J connectivity index is 1.73. The molecule has 2 unspecified atom stereocenters. The highest BCUT2D eigenvalue weighted by atomic mass is 32.2. The molecule has 1 N–H and O–H groups in total. The Morgan fingerprint density at radius 3 is 2.62 bits per heavy atom. The van der Waals surface area contributed by atoms with Crippen molar-refractivity contribution in [3.8, 4) is 5.75 Å². The normalized spacial score (nSPS) is 17.1. The Bertz CT molecular complexity index is 1220. The molecule has 2 aromatic rings. The van der Waals surface area contributed by atoms with E-state index in [-0.39, 0.29) is 30.1 Å². The number of non-ortho nitro benzene ring substituents is 1. The van der Waals surface area contributed by atoms with Crippen LogP contribution in [-0.4, -0.2) is 55.3 Å². The van der Waals surface area contributed by atoms with Crippen LogP contribution in [0.25, 0.3) is 0 Å². The number of nitro benzene ring substituents is 1. The molecule has 1 fully saturated rings. The number of esters is 1. The fourth-order valence-electron chi connectivity index (χ4n) is 3.49. The fourth-order valence-corrected chi connectivity index (χ4v) is 5.21. The molecule has 0 aromatic heterocycles. The highest BCUT2D eigenvalue weighted by Gasteiger charge is 2.42. The summed E-state index contributed by atoms with van der Waals surface area (Å²) in [5.74, 6) is -2.57. The number of hydrogen-bond acceptors (Lipinski definition) is 8. The lowest BCUT2D eigenvalue weighted by Gasteiger charge is -2.24. The zero-order valence-electron chi connectivity index (χ0n) is 18.3. The summed E-state index contributed by atoms with van der Waals surface area (Å²) in [4.78, 5) is 35.1. The molecule has 1 aliphatic rings. The van der Waals surface area contributed by atoms with Crippen molar-refractivity contribution in [2.24, 2.45) is 0 Å². The molecule has 3 rings (SSSR count). The van der Waals surface area contributed by atoms with Gasteiger partial charge in [-0.2, -0.15) is 4.31 Å². The summed E-state index contributed by atoms with van der Waals surface area (Å²) in [6, 6.07) is 7.18. The first-order chi connectivity index (χ1) is 16.1. The van der Waals surface area contributed by atoms with Crippen molar-refractivity contribution in [1.29, 1.82) is 0 Å². The minimum absolute atomic E-state index is 0.00535. The number of nitro groups is 1. The van der Waals surface area contributed by atoms with Gasteiger partial charge in [-0.1, -0.05) is 12.1 Å². The summed E-state index contributed by atoms with van der Waals surface area (Å²) in [6.07, 6.45) is -0.881. The second-order valence-electron chi connectivity index (χ2n) is 7.41. The monoisotopic (exact) mass is 495 g/mol. The van der Waals surface area contributed by atoms with Gasteiger partial charge in [-0.15, -0.1) is 0 Å². The molecular weight excluding hydrogens is 473 g/mol. The molecule has 11 nitrogen and oxygen atoms in total. The van der Waals surface area contributed by atoms with E-state index in [9.17, 15) is 32.5 Å². The maximum atomic E-state index is 14.1. The maximum Gasteiger partial charge on any atom is 0.325 e.